The maximum Gasteiger partial charge on any atom is 0.326 e. The Labute approximate surface area is 340 Å². The topological polar surface area (TPSA) is 333 Å². The number of carboxylic acids is 1. The zero-order chi connectivity index (χ0) is 43.4. The summed E-state index contributed by atoms with van der Waals surface area (Å²) in [6.45, 7) is 7.57. The molecule has 0 unspecified atom stereocenters. The Kier molecular flexibility index (Phi) is 20.9. The van der Waals surface area contributed by atoms with Crippen molar-refractivity contribution in [3.05, 3.63) is 30.1 Å². The van der Waals surface area contributed by atoms with E-state index in [1.807, 2.05) is 20.8 Å². The molecule has 20 nitrogen and oxygen atoms in total. The van der Waals surface area contributed by atoms with Gasteiger partial charge in [-0.05, 0) is 68.9 Å². The predicted octanol–water partition coefficient (Wildman–Crippen LogP) is -1.49. The number of aliphatic imine (C=N–C) groups is 2. The number of nitrogens with two attached hydrogens (primary N) is 5. The van der Waals surface area contributed by atoms with E-state index in [0.29, 0.717) is 37.8 Å². The quantitative estimate of drug-likeness (QED) is 0.0309. The SMILES string of the molecule is CC[C@H](C)[C@H](NC(=O)CN(CCc1ccccn1)C(=O)[C@@H]1CCCN1C(=O)[C@H](CCCN=C(N)N)NC(=O)[C@@H](N)CCCN=C(N)N)C(=O)N[C@@H](CC(C)C)C(=O)O. The molecule has 0 aliphatic carbocycles. The molecule has 1 aromatic heterocycles. The summed E-state index contributed by atoms with van der Waals surface area (Å²) in [6, 6.07) is 0.119. The molecule has 1 fully saturated rings. The van der Waals surface area contributed by atoms with E-state index in [4.69, 9.17) is 28.7 Å². The lowest BCUT2D eigenvalue weighted by Crippen LogP contribution is -2.58. The van der Waals surface area contributed by atoms with Gasteiger partial charge in [0.15, 0.2) is 11.9 Å². The average Bonchev–Trinajstić information content (AvgIpc) is 3.67. The Hall–Kier alpha value is -5.53. The lowest BCUT2D eigenvalue weighted by molar-refractivity contribution is -0.147. The Morgan fingerprint density at radius 2 is 1.57 bits per heavy atom. The molecule has 5 amide bonds. The van der Waals surface area contributed by atoms with E-state index in [9.17, 15) is 33.9 Å². The number of hydrogen-bond donors (Lipinski definition) is 9. The maximum absolute atomic E-state index is 14.4. The molecule has 1 saturated heterocycles. The number of guanidine groups is 2. The minimum Gasteiger partial charge on any atom is -0.480 e. The van der Waals surface area contributed by atoms with E-state index in [1.165, 1.54) is 9.80 Å². The third-order valence-electron chi connectivity index (χ3n) is 9.83. The minimum absolute atomic E-state index is 0.0135. The zero-order valence-electron chi connectivity index (χ0n) is 34.3. The van der Waals surface area contributed by atoms with E-state index >= 15 is 0 Å². The zero-order valence-corrected chi connectivity index (χ0v) is 34.3. The summed E-state index contributed by atoms with van der Waals surface area (Å²) in [5, 5.41) is 17.8. The van der Waals surface area contributed by atoms with Crippen molar-refractivity contribution in [2.75, 3.05) is 32.7 Å². The van der Waals surface area contributed by atoms with Crippen LogP contribution in [0.3, 0.4) is 0 Å². The Balaban J connectivity index is 2.35. The van der Waals surface area contributed by atoms with Crippen molar-refractivity contribution in [1.29, 1.82) is 0 Å². The number of aliphatic carboxylic acids is 1. The number of likely N-dealkylation sites (tertiary alicyclic amines) is 1. The number of nitrogens with one attached hydrogen (secondary N) is 3. The molecule has 0 spiro atoms. The van der Waals surface area contributed by atoms with Crippen LogP contribution in [0.5, 0.6) is 0 Å². The van der Waals surface area contributed by atoms with Crippen molar-refractivity contribution in [3.8, 4) is 0 Å². The fourth-order valence-corrected chi connectivity index (χ4v) is 6.50. The molecule has 6 atom stereocenters. The fraction of sp³-hybridized carbons (Fsp3) is 0.658. The van der Waals surface area contributed by atoms with Crippen molar-refractivity contribution in [2.24, 2.45) is 50.5 Å². The number of amides is 5. The number of carboxylic acid groups (broad SMARTS) is 1. The first-order chi connectivity index (χ1) is 27.4. The molecular weight excluding hydrogens is 751 g/mol. The van der Waals surface area contributed by atoms with Crippen LogP contribution in [0.15, 0.2) is 34.4 Å². The van der Waals surface area contributed by atoms with Gasteiger partial charge in [-0.3, -0.25) is 38.9 Å². The highest BCUT2D eigenvalue weighted by molar-refractivity contribution is 5.95. The summed E-state index contributed by atoms with van der Waals surface area (Å²) in [5.74, 6) is -4.62. The van der Waals surface area contributed by atoms with Crippen LogP contribution in [0, 0.1) is 11.8 Å². The molecular formula is C38H65N13O7. The number of hydrogen-bond acceptors (Lipinski definition) is 10. The van der Waals surface area contributed by atoms with Crippen LogP contribution in [0.1, 0.15) is 84.8 Å². The van der Waals surface area contributed by atoms with Gasteiger partial charge in [0.05, 0.1) is 12.6 Å². The first-order valence-corrected chi connectivity index (χ1v) is 19.9. The van der Waals surface area contributed by atoms with Crippen molar-refractivity contribution in [2.45, 2.75) is 116 Å². The normalized spacial score (nSPS) is 16.2. The van der Waals surface area contributed by atoms with Gasteiger partial charge in [-0.25, -0.2) is 4.79 Å². The molecule has 1 aromatic rings. The van der Waals surface area contributed by atoms with Gasteiger partial charge in [-0.15, -0.1) is 0 Å². The smallest absolute Gasteiger partial charge is 0.326 e. The van der Waals surface area contributed by atoms with Gasteiger partial charge >= 0.3 is 5.97 Å². The standard InChI is InChI=1S/C38H65N13O7/c1-5-24(4)31(33(54)48-28(36(57)58)21-23(2)3)49-30(52)22-50(20-15-25-11-6-7-16-44-25)35(56)29-14-10-19-51(29)34(55)27(13-9-18-46-38(42)43)47-32(53)26(39)12-8-17-45-37(40)41/h6-7,11,16,23-24,26-29,31H,5,8-10,12-15,17-22,39H2,1-4H3,(H,47,53)(H,48,54)(H,49,52)(H,57,58)(H4,40,41,45)(H4,42,43,46)/t24-,26-,27-,28-,29-,31-/m0/s1. The number of nitrogens with zero attached hydrogens (tertiary/aromatic N) is 5. The summed E-state index contributed by atoms with van der Waals surface area (Å²) >= 11 is 0. The summed E-state index contributed by atoms with van der Waals surface area (Å²) in [4.78, 5) is 95.9. The molecule has 0 aromatic carbocycles. The number of carbonyl (C=O) groups is 6. The second-order valence-electron chi connectivity index (χ2n) is 15.0. The third kappa shape index (κ3) is 16.9. The maximum atomic E-state index is 14.4. The fourth-order valence-electron chi connectivity index (χ4n) is 6.50. The molecule has 0 radical (unpaired) electrons. The molecule has 1 aliphatic heterocycles. The van der Waals surface area contributed by atoms with Crippen molar-refractivity contribution in [3.63, 3.8) is 0 Å². The molecule has 58 heavy (non-hydrogen) atoms. The van der Waals surface area contributed by atoms with Gasteiger partial charge in [0.2, 0.25) is 29.5 Å². The van der Waals surface area contributed by atoms with Crippen molar-refractivity contribution < 1.29 is 33.9 Å². The molecule has 2 rings (SSSR count). The second kappa shape index (κ2) is 25.0. The van der Waals surface area contributed by atoms with E-state index < -0.39 is 72.3 Å². The van der Waals surface area contributed by atoms with Crippen LogP contribution in [0.2, 0.25) is 0 Å². The van der Waals surface area contributed by atoms with E-state index in [0.717, 1.165) is 0 Å². The van der Waals surface area contributed by atoms with Crippen LogP contribution >= 0.6 is 0 Å². The first-order valence-electron chi connectivity index (χ1n) is 19.9. The largest absolute Gasteiger partial charge is 0.480 e. The van der Waals surface area contributed by atoms with Gasteiger partial charge in [0.1, 0.15) is 24.2 Å². The number of rotatable bonds is 25. The Morgan fingerprint density at radius 1 is 0.931 bits per heavy atom. The van der Waals surface area contributed by atoms with Crippen LogP contribution in [-0.4, -0.2) is 130 Å². The van der Waals surface area contributed by atoms with E-state index in [-0.39, 0.29) is 75.6 Å². The van der Waals surface area contributed by atoms with E-state index in [2.05, 4.69) is 30.9 Å². The molecule has 0 saturated carbocycles. The second-order valence-corrected chi connectivity index (χ2v) is 15.0. The van der Waals surface area contributed by atoms with Crippen LogP contribution in [0.25, 0.3) is 0 Å². The van der Waals surface area contributed by atoms with Crippen LogP contribution < -0.4 is 44.6 Å². The summed E-state index contributed by atoms with van der Waals surface area (Å²) in [6.07, 6.45) is 4.51. The highest BCUT2D eigenvalue weighted by atomic mass is 16.4. The van der Waals surface area contributed by atoms with Gasteiger partial charge in [-0.1, -0.05) is 40.2 Å². The summed E-state index contributed by atoms with van der Waals surface area (Å²) in [5.41, 5.74) is 28.5. The lowest BCUT2D eigenvalue weighted by atomic mass is 9.97. The van der Waals surface area contributed by atoms with Gasteiger partial charge < -0.3 is 59.5 Å². The van der Waals surface area contributed by atoms with Gasteiger partial charge in [-0.2, -0.15) is 0 Å². The van der Waals surface area contributed by atoms with E-state index in [1.54, 1.807) is 31.3 Å². The molecule has 20 heteroatoms. The van der Waals surface area contributed by atoms with Crippen molar-refractivity contribution in [1.82, 2.24) is 30.7 Å². The third-order valence-corrected chi connectivity index (χ3v) is 9.83. The van der Waals surface area contributed by atoms with Gasteiger partial charge in [0, 0.05) is 44.5 Å². The monoisotopic (exact) mass is 816 g/mol. The lowest BCUT2D eigenvalue weighted by Gasteiger charge is -2.33. The summed E-state index contributed by atoms with van der Waals surface area (Å²) in [7, 11) is 0. The Morgan fingerprint density at radius 3 is 2.14 bits per heavy atom. The van der Waals surface area contributed by atoms with Crippen LogP contribution in [0.4, 0.5) is 0 Å². The highest BCUT2D eigenvalue weighted by Crippen LogP contribution is 2.22. The van der Waals surface area contributed by atoms with Gasteiger partial charge in [0.25, 0.3) is 0 Å². The number of carbonyl (C=O) groups excluding carboxylic acids is 5. The predicted molar refractivity (Wildman–Crippen MR) is 219 cm³/mol. The molecule has 1 aliphatic rings. The number of aromatic nitrogens is 1. The van der Waals surface area contributed by atoms with Crippen molar-refractivity contribution >= 4 is 47.4 Å². The average molecular weight is 816 g/mol. The highest BCUT2D eigenvalue weighted by Gasteiger charge is 2.40. The molecule has 324 valence electrons. The molecule has 2 heterocycles. The number of pyridine rings is 1. The first kappa shape index (κ1) is 48.6. The van der Waals surface area contributed by atoms with Crippen LogP contribution in [-0.2, 0) is 35.2 Å². The summed E-state index contributed by atoms with van der Waals surface area (Å²) < 4.78 is 0. The molecule has 0 bridgehead atoms. The molecule has 14 N–H and O–H groups in total. The Bertz CT molecular complexity index is 1570. The minimum atomic E-state index is -1.18.